The highest BCUT2D eigenvalue weighted by molar-refractivity contribution is 9.11. The van der Waals surface area contributed by atoms with Crippen LogP contribution in [0.25, 0.3) is 40.2 Å². The normalized spacial score (nSPS) is 14.0. The Kier molecular flexibility index (Phi) is 13.9. The summed E-state index contributed by atoms with van der Waals surface area (Å²) in [5.74, 6) is 0. The third-order valence-corrected chi connectivity index (χ3v) is 10.6. The van der Waals surface area contributed by atoms with Gasteiger partial charge in [0.15, 0.2) is 0 Å². The molecule has 0 saturated carbocycles. The molecule has 0 fully saturated rings. The van der Waals surface area contributed by atoms with Crippen LogP contribution in [0, 0.1) is 27.7 Å². The van der Waals surface area contributed by atoms with E-state index in [1.54, 1.807) is 4.90 Å². The van der Waals surface area contributed by atoms with E-state index in [0.29, 0.717) is 26.2 Å². The fourth-order valence-electron chi connectivity index (χ4n) is 7.36. The molecule has 0 spiro atoms. The van der Waals surface area contributed by atoms with Crippen LogP contribution < -0.4 is 0 Å². The smallest absolute Gasteiger partial charge is 0.410 e. The third kappa shape index (κ3) is 11.8. The van der Waals surface area contributed by atoms with E-state index in [-0.39, 0.29) is 12.2 Å². The number of aryl methyl sites for hydroxylation is 4. The highest BCUT2D eigenvalue weighted by Crippen LogP contribution is 2.33. The van der Waals surface area contributed by atoms with Gasteiger partial charge in [0.05, 0.1) is 18.6 Å². The number of nitrogens with zero attached hydrogens (tertiary/aromatic N) is 5. The van der Waals surface area contributed by atoms with Crippen molar-refractivity contribution in [3.05, 3.63) is 134 Å². The van der Waals surface area contributed by atoms with Gasteiger partial charge in [0.1, 0.15) is 11.2 Å². The minimum atomic E-state index is -0.493. The summed E-state index contributed by atoms with van der Waals surface area (Å²) in [6.45, 7) is 22.1. The van der Waals surface area contributed by atoms with Gasteiger partial charge in [0, 0.05) is 94.7 Å². The van der Waals surface area contributed by atoms with Crippen molar-refractivity contribution in [1.82, 2.24) is 29.3 Å². The Morgan fingerprint density at radius 3 is 1.79 bits per heavy atom. The first kappa shape index (κ1) is 44.9. The summed E-state index contributed by atoms with van der Waals surface area (Å²) in [6.07, 6.45) is 11.1. The predicted octanol–water partition coefficient (Wildman–Crippen LogP) is 12.1. The number of rotatable bonds is 3. The maximum absolute atomic E-state index is 12.6. The summed E-state index contributed by atoms with van der Waals surface area (Å²) in [4.78, 5) is 42.3. The molecule has 2 aliphatic rings. The number of carbonyl (C=O) groups is 2. The molecule has 320 valence electrons. The molecule has 10 nitrogen and oxygen atoms in total. The van der Waals surface area contributed by atoms with Crippen LogP contribution >= 0.6 is 15.9 Å². The van der Waals surface area contributed by atoms with E-state index in [2.05, 4.69) is 104 Å². The van der Waals surface area contributed by atoms with E-state index < -0.39 is 11.2 Å². The molecular formula is C50H59BrN6O4. The highest BCUT2D eigenvalue weighted by Gasteiger charge is 2.30. The van der Waals surface area contributed by atoms with E-state index in [4.69, 9.17) is 9.47 Å². The van der Waals surface area contributed by atoms with E-state index >= 15 is 0 Å². The molecule has 11 heteroatoms. The van der Waals surface area contributed by atoms with Crippen LogP contribution in [0.5, 0.6) is 0 Å². The van der Waals surface area contributed by atoms with E-state index in [9.17, 15) is 9.59 Å². The highest BCUT2D eigenvalue weighted by atomic mass is 79.9. The van der Waals surface area contributed by atoms with Crippen LogP contribution in [0.2, 0.25) is 0 Å². The maximum atomic E-state index is 12.6. The van der Waals surface area contributed by atoms with Gasteiger partial charge < -0.3 is 28.8 Å². The van der Waals surface area contributed by atoms with Gasteiger partial charge in [-0.2, -0.15) is 0 Å². The van der Waals surface area contributed by atoms with Gasteiger partial charge in [-0.3, -0.25) is 9.97 Å². The average molecular weight is 888 g/mol. The van der Waals surface area contributed by atoms with Gasteiger partial charge >= 0.3 is 12.2 Å². The monoisotopic (exact) mass is 886 g/mol. The number of halogens is 1. The predicted molar refractivity (Wildman–Crippen MR) is 252 cm³/mol. The SMILES string of the molecule is Cc1ccc(/C=C\Br)cn1.Cc1ccc2[nH]c3c(c2c1)CN(C(=O)OC(C)(C)C)CC3.Cc1ccc2c(c1)c1c(n2/C=C/c2ccc(C)nc2)CCN(C(=O)OC(C)(C)C)C1. The van der Waals surface area contributed by atoms with Crippen molar-refractivity contribution in [2.75, 3.05) is 13.1 Å². The first-order valence-corrected chi connectivity index (χ1v) is 21.8. The lowest BCUT2D eigenvalue weighted by Crippen LogP contribution is -2.40. The molecule has 2 amide bonds. The van der Waals surface area contributed by atoms with E-state index in [1.165, 1.54) is 44.4 Å². The molecule has 0 saturated heterocycles. The number of aromatic amines is 1. The quantitative estimate of drug-likeness (QED) is 0.190. The topological polar surface area (TPSA) is 106 Å². The number of nitrogens with one attached hydrogen (secondary N) is 1. The molecule has 8 rings (SSSR count). The van der Waals surface area contributed by atoms with Crippen LogP contribution in [-0.2, 0) is 35.4 Å². The zero-order valence-electron chi connectivity index (χ0n) is 37.2. The molecule has 4 aromatic heterocycles. The van der Waals surface area contributed by atoms with Crippen molar-refractivity contribution in [3.63, 3.8) is 0 Å². The number of amides is 2. The Morgan fingerprint density at radius 2 is 1.23 bits per heavy atom. The van der Waals surface area contributed by atoms with Gasteiger partial charge in [-0.1, -0.05) is 51.3 Å². The molecule has 0 radical (unpaired) electrons. The van der Waals surface area contributed by atoms with Gasteiger partial charge in [-0.25, -0.2) is 9.59 Å². The third-order valence-electron chi connectivity index (χ3n) is 10.3. The minimum absolute atomic E-state index is 0.227. The summed E-state index contributed by atoms with van der Waals surface area (Å²) in [5.41, 5.74) is 13.0. The van der Waals surface area contributed by atoms with Crippen molar-refractivity contribution in [3.8, 4) is 0 Å². The van der Waals surface area contributed by atoms with Gasteiger partial charge in [-0.15, -0.1) is 0 Å². The molecule has 6 aromatic rings. The largest absolute Gasteiger partial charge is 0.444 e. The second-order valence-electron chi connectivity index (χ2n) is 17.8. The fourth-order valence-corrected chi connectivity index (χ4v) is 7.66. The Hall–Kier alpha value is -5.68. The number of fused-ring (bicyclic) bond motifs is 6. The van der Waals surface area contributed by atoms with E-state index in [0.717, 1.165) is 46.4 Å². The number of carbonyl (C=O) groups excluding carboxylic acids is 2. The Labute approximate surface area is 368 Å². The summed E-state index contributed by atoms with van der Waals surface area (Å²) < 4.78 is 13.4. The zero-order chi connectivity index (χ0) is 44.1. The van der Waals surface area contributed by atoms with Crippen LogP contribution in [0.15, 0.2) is 78.0 Å². The summed E-state index contributed by atoms with van der Waals surface area (Å²) >= 11 is 3.20. The minimum Gasteiger partial charge on any atom is -0.444 e. The molecule has 1 N–H and O–H groups in total. The van der Waals surface area contributed by atoms with Crippen molar-refractivity contribution in [2.24, 2.45) is 0 Å². The number of ether oxygens (including phenoxy) is 2. The van der Waals surface area contributed by atoms with Crippen molar-refractivity contribution < 1.29 is 19.1 Å². The maximum Gasteiger partial charge on any atom is 0.410 e. The second kappa shape index (κ2) is 18.9. The molecule has 0 unspecified atom stereocenters. The van der Waals surface area contributed by atoms with Crippen LogP contribution in [0.1, 0.15) is 97.7 Å². The van der Waals surface area contributed by atoms with Gasteiger partial charge in [-0.05, 0) is 134 Å². The number of hydrogen-bond acceptors (Lipinski definition) is 6. The Morgan fingerprint density at radius 1 is 0.689 bits per heavy atom. The van der Waals surface area contributed by atoms with Crippen molar-refractivity contribution >= 4 is 68.3 Å². The van der Waals surface area contributed by atoms with Crippen molar-refractivity contribution in [1.29, 1.82) is 0 Å². The molecule has 61 heavy (non-hydrogen) atoms. The molecule has 2 aliphatic heterocycles. The average Bonchev–Trinajstić information content (AvgIpc) is 3.71. The standard InChI is InChI=1S/C25H29N3O2.C17H22N2O2.C8H8BrN/c1-17-6-9-22-20(14-17)21-16-27(24(29)30-25(3,4)5)12-11-23(21)28(22)13-10-19-8-7-18(2)26-15-19;1-11-5-6-14-12(9-11)13-10-19(8-7-15(13)18-14)16(20)21-17(2,3)4;1-7-2-3-8(4-5-9)6-10-7/h6-10,13-15H,11-12,16H2,1-5H3;5-6,9,18H,7-8,10H2,1-4H3;2-6H,1H3/b13-10+;;5-4-. The Balaban J connectivity index is 0.000000173. The second-order valence-corrected chi connectivity index (χ2v) is 18.4. The number of benzene rings is 2. The molecule has 2 aromatic carbocycles. The molecule has 0 bridgehead atoms. The lowest BCUT2D eigenvalue weighted by Gasteiger charge is -2.30. The summed E-state index contributed by atoms with van der Waals surface area (Å²) in [6, 6.07) is 21.0. The zero-order valence-corrected chi connectivity index (χ0v) is 38.8. The van der Waals surface area contributed by atoms with Gasteiger partial charge in [0.2, 0.25) is 0 Å². The molecular weight excluding hydrogens is 828 g/mol. The lowest BCUT2D eigenvalue weighted by atomic mass is 10.0. The van der Waals surface area contributed by atoms with Crippen LogP contribution in [0.3, 0.4) is 0 Å². The molecule has 0 atom stereocenters. The number of pyridine rings is 2. The Bertz CT molecular complexity index is 2550. The number of H-pyrrole nitrogens is 1. The van der Waals surface area contributed by atoms with E-state index in [1.807, 2.05) is 102 Å². The number of hydrogen-bond donors (Lipinski definition) is 1. The number of aromatic nitrogens is 4. The first-order chi connectivity index (χ1) is 28.9. The van der Waals surface area contributed by atoms with Gasteiger partial charge in [0.25, 0.3) is 0 Å². The fraction of sp³-hybridized carbons (Fsp3) is 0.360. The lowest BCUT2D eigenvalue weighted by molar-refractivity contribution is 0.0214. The van der Waals surface area contributed by atoms with Crippen molar-refractivity contribution in [2.45, 2.75) is 106 Å². The molecule has 6 heterocycles. The van der Waals surface area contributed by atoms with Crippen LogP contribution in [-0.4, -0.2) is 65.8 Å². The summed E-state index contributed by atoms with van der Waals surface area (Å²) in [7, 11) is 0. The van der Waals surface area contributed by atoms with Crippen LogP contribution in [0.4, 0.5) is 9.59 Å². The molecule has 0 aliphatic carbocycles. The summed E-state index contributed by atoms with van der Waals surface area (Å²) in [5, 5.41) is 2.42. The first-order valence-electron chi connectivity index (χ1n) is 20.9.